The summed E-state index contributed by atoms with van der Waals surface area (Å²) in [6.07, 6.45) is 4.21. The highest BCUT2D eigenvalue weighted by molar-refractivity contribution is 5.95. The number of nitrogens with zero attached hydrogens (tertiary/aromatic N) is 1. The predicted octanol–water partition coefficient (Wildman–Crippen LogP) is 3.14. The van der Waals surface area contributed by atoms with Crippen molar-refractivity contribution in [3.05, 3.63) is 29.8 Å². The quantitative estimate of drug-likeness (QED) is 0.737. The summed E-state index contributed by atoms with van der Waals surface area (Å²) in [6.45, 7) is 3.83. The molecule has 0 radical (unpaired) electrons. The van der Waals surface area contributed by atoms with E-state index in [2.05, 4.69) is 11.9 Å². The van der Waals surface area contributed by atoms with Crippen molar-refractivity contribution in [2.24, 2.45) is 0 Å². The minimum Gasteiger partial charge on any atom is -0.494 e. The van der Waals surface area contributed by atoms with Gasteiger partial charge in [0.1, 0.15) is 5.75 Å². The van der Waals surface area contributed by atoms with Crippen molar-refractivity contribution in [1.82, 2.24) is 4.90 Å². The average Bonchev–Trinajstić information content (AvgIpc) is 2.84. The van der Waals surface area contributed by atoms with Gasteiger partial charge in [0, 0.05) is 18.0 Å². The SMILES string of the molecule is CCC(=O)c1ccc(OCCC2CCCN2C)cc1. The topological polar surface area (TPSA) is 29.5 Å². The third-order valence-electron chi connectivity index (χ3n) is 3.89. The number of benzene rings is 1. The van der Waals surface area contributed by atoms with Crippen LogP contribution in [0.25, 0.3) is 0 Å². The lowest BCUT2D eigenvalue weighted by molar-refractivity contribution is 0.0988. The van der Waals surface area contributed by atoms with Crippen molar-refractivity contribution < 1.29 is 9.53 Å². The Balaban J connectivity index is 1.78. The highest BCUT2D eigenvalue weighted by Gasteiger charge is 2.20. The second kappa shape index (κ2) is 6.71. The maximum atomic E-state index is 11.5. The van der Waals surface area contributed by atoms with Crippen LogP contribution >= 0.6 is 0 Å². The number of rotatable bonds is 6. The Kier molecular flexibility index (Phi) is 4.97. The molecule has 104 valence electrons. The number of ketones is 1. The average molecular weight is 261 g/mol. The molecule has 0 bridgehead atoms. The summed E-state index contributed by atoms with van der Waals surface area (Å²) in [6, 6.07) is 8.15. The number of ether oxygens (including phenoxy) is 1. The van der Waals surface area contributed by atoms with Crippen molar-refractivity contribution in [3.63, 3.8) is 0 Å². The maximum Gasteiger partial charge on any atom is 0.162 e. The van der Waals surface area contributed by atoms with Crippen molar-refractivity contribution in [2.45, 2.75) is 38.6 Å². The molecule has 19 heavy (non-hydrogen) atoms. The van der Waals surface area contributed by atoms with Crippen LogP contribution in [-0.4, -0.2) is 36.9 Å². The summed E-state index contributed by atoms with van der Waals surface area (Å²) >= 11 is 0. The van der Waals surface area contributed by atoms with Crippen molar-refractivity contribution >= 4 is 5.78 Å². The second-order valence-electron chi connectivity index (χ2n) is 5.21. The Morgan fingerprint density at radius 1 is 1.37 bits per heavy atom. The molecule has 1 aliphatic heterocycles. The molecule has 1 unspecified atom stereocenters. The summed E-state index contributed by atoms with van der Waals surface area (Å²) in [5.41, 5.74) is 0.769. The van der Waals surface area contributed by atoms with Crippen LogP contribution in [0.1, 0.15) is 43.0 Å². The van der Waals surface area contributed by atoms with Crippen molar-refractivity contribution in [3.8, 4) is 5.75 Å². The third-order valence-corrected chi connectivity index (χ3v) is 3.89. The Hall–Kier alpha value is -1.35. The molecule has 1 atom stereocenters. The van der Waals surface area contributed by atoms with Gasteiger partial charge in [0.15, 0.2) is 5.78 Å². The smallest absolute Gasteiger partial charge is 0.162 e. The standard InChI is InChI=1S/C16H23NO2/c1-3-16(18)13-6-8-15(9-7-13)19-12-10-14-5-4-11-17(14)2/h6-9,14H,3-5,10-12H2,1-2H3. The fourth-order valence-corrected chi connectivity index (χ4v) is 2.60. The van der Waals surface area contributed by atoms with E-state index < -0.39 is 0 Å². The zero-order chi connectivity index (χ0) is 13.7. The lowest BCUT2D eigenvalue weighted by atomic mass is 10.1. The molecule has 0 N–H and O–H groups in total. The van der Waals surface area contributed by atoms with Crippen LogP contribution < -0.4 is 4.74 Å². The highest BCUT2D eigenvalue weighted by atomic mass is 16.5. The number of carbonyl (C=O) groups is 1. The second-order valence-corrected chi connectivity index (χ2v) is 5.21. The Bertz CT molecular complexity index is 413. The lowest BCUT2D eigenvalue weighted by Gasteiger charge is -2.19. The molecule has 1 aromatic rings. The van der Waals surface area contributed by atoms with Crippen molar-refractivity contribution in [1.29, 1.82) is 0 Å². The monoisotopic (exact) mass is 261 g/mol. The Morgan fingerprint density at radius 3 is 2.68 bits per heavy atom. The molecule has 3 heteroatoms. The molecule has 3 nitrogen and oxygen atoms in total. The van der Waals surface area contributed by atoms with Crippen LogP contribution in [0.15, 0.2) is 24.3 Å². The van der Waals surface area contributed by atoms with Gasteiger partial charge in [-0.3, -0.25) is 4.79 Å². The summed E-state index contributed by atoms with van der Waals surface area (Å²) in [4.78, 5) is 13.9. The summed E-state index contributed by atoms with van der Waals surface area (Å²) in [7, 11) is 2.18. The maximum absolute atomic E-state index is 11.5. The third kappa shape index (κ3) is 3.80. The van der Waals surface area contributed by atoms with Gasteiger partial charge in [-0.25, -0.2) is 0 Å². The molecule has 2 rings (SSSR count). The Labute approximate surface area is 115 Å². The molecular weight excluding hydrogens is 238 g/mol. The van der Waals surface area contributed by atoms with Crippen LogP contribution in [-0.2, 0) is 0 Å². The van der Waals surface area contributed by atoms with Gasteiger partial charge >= 0.3 is 0 Å². The van der Waals surface area contributed by atoms with E-state index in [-0.39, 0.29) is 5.78 Å². The molecule has 1 heterocycles. The fraction of sp³-hybridized carbons (Fsp3) is 0.562. The molecule has 0 saturated carbocycles. The van der Waals surface area contributed by atoms with E-state index in [0.717, 1.165) is 24.3 Å². The van der Waals surface area contributed by atoms with Gasteiger partial charge in [0.2, 0.25) is 0 Å². The minimum absolute atomic E-state index is 0.180. The van der Waals surface area contributed by atoms with Gasteiger partial charge in [0.05, 0.1) is 6.61 Å². The number of hydrogen-bond acceptors (Lipinski definition) is 3. The first-order valence-electron chi connectivity index (χ1n) is 7.17. The van der Waals surface area contributed by atoms with Gasteiger partial charge in [-0.2, -0.15) is 0 Å². The van der Waals surface area contributed by atoms with E-state index in [9.17, 15) is 4.79 Å². The van der Waals surface area contributed by atoms with Crippen LogP contribution in [0.3, 0.4) is 0 Å². The number of Topliss-reactive ketones (excluding diaryl/α,β-unsaturated/α-hetero) is 1. The van der Waals surface area contributed by atoms with Gasteiger partial charge in [-0.1, -0.05) is 6.92 Å². The zero-order valence-electron chi connectivity index (χ0n) is 11.9. The number of carbonyl (C=O) groups excluding carboxylic acids is 1. The van der Waals surface area contributed by atoms with E-state index in [4.69, 9.17) is 4.74 Å². The molecular formula is C16H23NO2. The molecule has 1 saturated heterocycles. The molecule has 0 amide bonds. The van der Waals surface area contributed by atoms with Gasteiger partial charge < -0.3 is 9.64 Å². The van der Waals surface area contributed by atoms with Crippen LogP contribution in [0.2, 0.25) is 0 Å². The minimum atomic E-state index is 0.180. The summed E-state index contributed by atoms with van der Waals surface area (Å²) < 4.78 is 5.75. The van der Waals surface area contributed by atoms with Crippen LogP contribution in [0.5, 0.6) is 5.75 Å². The van der Waals surface area contributed by atoms with E-state index in [1.807, 2.05) is 31.2 Å². The van der Waals surface area contributed by atoms with Crippen molar-refractivity contribution in [2.75, 3.05) is 20.2 Å². The van der Waals surface area contributed by atoms with E-state index in [1.165, 1.54) is 19.4 Å². The Morgan fingerprint density at radius 2 is 2.11 bits per heavy atom. The molecule has 0 aliphatic carbocycles. The molecule has 0 spiro atoms. The first-order valence-corrected chi connectivity index (χ1v) is 7.17. The first kappa shape index (κ1) is 14.1. The summed E-state index contributed by atoms with van der Waals surface area (Å²) in [5.74, 6) is 1.03. The number of hydrogen-bond donors (Lipinski definition) is 0. The van der Waals surface area contributed by atoms with Gasteiger partial charge in [-0.15, -0.1) is 0 Å². The molecule has 1 aromatic carbocycles. The number of likely N-dealkylation sites (tertiary alicyclic amines) is 1. The van der Waals surface area contributed by atoms with E-state index in [0.29, 0.717) is 12.5 Å². The van der Waals surface area contributed by atoms with Crippen LogP contribution in [0, 0.1) is 0 Å². The van der Waals surface area contributed by atoms with E-state index >= 15 is 0 Å². The normalized spacial score (nSPS) is 19.6. The van der Waals surface area contributed by atoms with Gasteiger partial charge in [-0.05, 0) is 57.1 Å². The lowest BCUT2D eigenvalue weighted by Crippen LogP contribution is -2.26. The predicted molar refractivity (Wildman–Crippen MR) is 76.8 cm³/mol. The zero-order valence-corrected chi connectivity index (χ0v) is 11.9. The van der Waals surface area contributed by atoms with Gasteiger partial charge in [0.25, 0.3) is 0 Å². The molecule has 1 aliphatic rings. The highest BCUT2D eigenvalue weighted by Crippen LogP contribution is 2.19. The largest absolute Gasteiger partial charge is 0.494 e. The van der Waals surface area contributed by atoms with Crippen LogP contribution in [0.4, 0.5) is 0 Å². The first-order chi connectivity index (χ1) is 9.20. The molecule has 0 aromatic heterocycles. The van der Waals surface area contributed by atoms with E-state index in [1.54, 1.807) is 0 Å². The molecule has 1 fully saturated rings. The fourth-order valence-electron chi connectivity index (χ4n) is 2.60. The summed E-state index contributed by atoms with van der Waals surface area (Å²) in [5, 5.41) is 0.